The van der Waals surface area contributed by atoms with Crippen LogP contribution in [0.25, 0.3) is 0 Å². The Morgan fingerprint density at radius 2 is 1.24 bits per heavy atom. The Balaban J connectivity index is 2.02. The van der Waals surface area contributed by atoms with E-state index in [2.05, 4.69) is 0 Å². The molecule has 0 amide bonds. The first-order valence-electron chi connectivity index (χ1n) is 6.60. The average Bonchev–Trinajstić information content (AvgIpc) is 2.47. The number of benzene rings is 2. The molecule has 0 saturated carbocycles. The predicted octanol–water partition coefficient (Wildman–Crippen LogP) is 1.26. The first-order chi connectivity index (χ1) is 10.1. The molecule has 0 radical (unpaired) electrons. The lowest BCUT2D eigenvalue weighted by atomic mass is 9.98. The van der Waals surface area contributed by atoms with Crippen LogP contribution in [-0.4, -0.2) is 33.0 Å². The van der Waals surface area contributed by atoms with Gasteiger partial charge in [-0.3, -0.25) is 0 Å². The van der Waals surface area contributed by atoms with E-state index in [0.717, 1.165) is 11.3 Å². The summed E-state index contributed by atoms with van der Waals surface area (Å²) in [5.41, 5.74) is 0.751. The molecule has 2 aromatic rings. The summed E-state index contributed by atoms with van der Waals surface area (Å²) < 4.78 is 5.64. The Morgan fingerprint density at radius 1 is 0.714 bits per heavy atom. The molecule has 0 heterocycles. The normalized spacial score (nSPS) is 11.4. The quantitative estimate of drug-likeness (QED) is 0.601. The van der Waals surface area contributed by atoms with Crippen molar-refractivity contribution in [2.75, 3.05) is 0 Å². The Labute approximate surface area is 122 Å². The number of para-hydroxylation sites is 1. The topological polar surface area (TPSA) is 90.2 Å². The van der Waals surface area contributed by atoms with Crippen molar-refractivity contribution in [1.29, 1.82) is 0 Å². The van der Waals surface area contributed by atoms with Crippen LogP contribution in [0.2, 0.25) is 0 Å². The summed E-state index contributed by atoms with van der Waals surface area (Å²) in [4.78, 5) is 0. The van der Waals surface area contributed by atoms with Crippen LogP contribution >= 0.6 is 0 Å². The minimum atomic E-state index is -1.79. The van der Waals surface area contributed by atoms with Crippen LogP contribution in [0.15, 0.2) is 54.6 Å². The summed E-state index contributed by atoms with van der Waals surface area (Å²) in [6.45, 7) is 0. The zero-order valence-corrected chi connectivity index (χ0v) is 11.3. The molecule has 112 valence electrons. The monoisotopic (exact) mass is 290 g/mol. The molecule has 0 aromatic heterocycles. The summed E-state index contributed by atoms with van der Waals surface area (Å²) in [6.07, 6.45) is -3.43. The van der Waals surface area contributed by atoms with E-state index in [9.17, 15) is 0 Å². The SMILES string of the molecule is OC(O)C(Cc1ccc(Oc2ccccc2)cc1)C(O)O. The van der Waals surface area contributed by atoms with E-state index in [1.165, 1.54) is 0 Å². The van der Waals surface area contributed by atoms with Crippen molar-refractivity contribution in [3.8, 4) is 11.5 Å². The predicted molar refractivity (Wildman–Crippen MR) is 76.6 cm³/mol. The van der Waals surface area contributed by atoms with Gasteiger partial charge >= 0.3 is 0 Å². The molecule has 0 aliphatic carbocycles. The van der Waals surface area contributed by atoms with E-state index in [1.807, 2.05) is 30.3 Å². The van der Waals surface area contributed by atoms with E-state index < -0.39 is 18.5 Å². The van der Waals surface area contributed by atoms with Gasteiger partial charge in [0.15, 0.2) is 12.6 Å². The molecule has 0 spiro atoms. The molecule has 0 unspecified atom stereocenters. The molecule has 5 nitrogen and oxygen atoms in total. The summed E-state index contributed by atoms with van der Waals surface area (Å²) in [6, 6.07) is 16.3. The lowest BCUT2D eigenvalue weighted by Crippen LogP contribution is -2.33. The van der Waals surface area contributed by atoms with E-state index in [-0.39, 0.29) is 6.42 Å². The number of rotatable bonds is 6. The average molecular weight is 290 g/mol. The first kappa shape index (κ1) is 15.5. The van der Waals surface area contributed by atoms with Gasteiger partial charge in [0.05, 0.1) is 5.92 Å². The number of aliphatic hydroxyl groups excluding tert-OH is 2. The number of aliphatic hydroxyl groups is 4. The van der Waals surface area contributed by atoms with Crippen LogP contribution in [0.1, 0.15) is 5.56 Å². The van der Waals surface area contributed by atoms with Gasteiger partial charge in [0, 0.05) is 0 Å². The highest BCUT2D eigenvalue weighted by atomic mass is 16.5. The molecule has 2 aromatic carbocycles. The molecule has 0 bridgehead atoms. The highest BCUT2D eigenvalue weighted by Gasteiger charge is 2.24. The Morgan fingerprint density at radius 3 is 1.76 bits per heavy atom. The maximum Gasteiger partial charge on any atom is 0.159 e. The molecule has 5 heteroatoms. The number of hydrogen-bond donors (Lipinski definition) is 4. The van der Waals surface area contributed by atoms with Crippen molar-refractivity contribution >= 4 is 0 Å². The van der Waals surface area contributed by atoms with Crippen LogP contribution in [-0.2, 0) is 6.42 Å². The fourth-order valence-corrected chi connectivity index (χ4v) is 1.96. The molecule has 4 N–H and O–H groups in total. The van der Waals surface area contributed by atoms with Crippen LogP contribution in [0.4, 0.5) is 0 Å². The van der Waals surface area contributed by atoms with Gasteiger partial charge in [0.2, 0.25) is 0 Å². The summed E-state index contributed by atoms with van der Waals surface area (Å²) in [5.74, 6) is 0.321. The van der Waals surface area contributed by atoms with Crippen molar-refractivity contribution in [1.82, 2.24) is 0 Å². The van der Waals surface area contributed by atoms with Gasteiger partial charge in [-0.05, 0) is 36.2 Å². The third-order valence-electron chi connectivity index (χ3n) is 3.14. The maximum absolute atomic E-state index is 9.10. The fourth-order valence-electron chi connectivity index (χ4n) is 1.96. The van der Waals surface area contributed by atoms with Gasteiger partial charge in [0.1, 0.15) is 11.5 Å². The second kappa shape index (κ2) is 7.19. The molecule has 21 heavy (non-hydrogen) atoms. The smallest absolute Gasteiger partial charge is 0.159 e. The number of hydrogen-bond acceptors (Lipinski definition) is 5. The van der Waals surface area contributed by atoms with Gasteiger partial charge in [-0.25, -0.2) is 0 Å². The Bertz CT molecular complexity index is 528. The molecule has 0 aliphatic rings. The van der Waals surface area contributed by atoms with Gasteiger partial charge in [-0.1, -0.05) is 30.3 Å². The third-order valence-corrected chi connectivity index (χ3v) is 3.14. The molecular formula is C16H18O5. The molecule has 2 rings (SSSR count). The van der Waals surface area contributed by atoms with Crippen molar-refractivity contribution in [2.45, 2.75) is 19.0 Å². The van der Waals surface area contributed by atoms with Gasteiger partial charge in [0.25, 0.3) is 0 Å². The van der Waals surface area contributed by atoms with Crippen molar-refractivity contribution in [3.05, 3.63) is 60.2 Å². The highest BCUT2D eigenvalue weighted by Crippen LogP contribution is 2.22. The largest absolute Gasteiger partial charge is 0.457 e. The Kier molecular flexibility index (Phi) is 5.30. The van der Waals surface area contributed by atoms with Crippen LogP contribution in [0.3, 0.4) is 0 Å². The van der Waals surface area contributed by atoms with Crippen LogP contribution < -0.4 is 4.74 Å². The van der Waals surface area contributed by atoms with Crippen LogP contribution in [0, 0.1) is 5.92 Å². The lowest BCUT2D eigenvalue weighted by Gasteiger charge is -2.20. The number of ether oxygens (including phenoxy) is 1. The fraction of sp³-hybridized carbons (Fsp3) is 0.250. The van der Waals surface area contributed by atoms with Crippen LogP contribution in [0.5, 0.6) is 11.5 Å². The van der Waals surface area contributed by atoms with Gasteiger partial charge in [-0.2, -0.15) is 0 Å². The third kappa shape index (κ3) is 4.54. The second-order valence-electron chi connectivity index (χ2n) is 4.75. The zero-order valence-electron chi connectivity index (χ0n) is 11.3. The summed E-state index contributed by atoms with van der Waals surface area (Å²) in [7, 11) is 0. The second-order valence-corrected chi connectivity index (χ2v) is 4.75. The summed E-state index contributed by atoms with van der Waals surface area (Å²) in [5, 5.41) is 36.4. The summed E-state index contributed by atoms with van der Waals surface area (Å²) >= 11 is 0. The zero-order chi connectivity index (χ0) is 15.2. The lowest BCUT2D eigenvalue weighted by molar-refractivity contribution is -0.177. The molecule has 0 aliphatic heterocycles. The molecule has 0 atom stereocenters. The van der Waals surface area contributed by atoms with E-state index >= 15 is 0 Å². The van der Waals surface area contributed by atoms with E-state index in [0.29, 0.717) is 5.75 Å². The van der Waals surface area contributed by atoms with E-state index in [4.69, 9.17) is 25.2 Å². The van der Waals surface area contributed by atoms with Gasteiger partial charge < -0.3 is 25.2 Å². The first-order valence-corrected chi connectivity index (χ1v) is 6.60. The van der Waals surface area contributed by atoms with Crippen molar-refractivity contribution < 1.29 is 25.2 Å². The molecule has 0 saturated heterocycles. The van der Waals surface area contributed by atoms with Gasteiger partial charge in [-0.15, -0.1) is 0 Å². The minimum absolute atomic E-state index is 0.140. The highest BCUT2D eigenvalue weighted by molar-refractivity contribution is 5.33. The van der Waals surface area contributed by atoms with Crippen molar-refractivity contribution in [3.63, 3.8) is 0 Å². The minimum Gasteiger partial charge on any atom is -0.457 e. The Hall–Kier alpha value is -1.92. The van der Waals surface area contributed by atoms with E-state index in [1.54, 1.807) is 24.3 Å². The van der Waals surface area contributed by atoms with Crippen molar-refractivity contribution in [2.24, 2.45) is 5.92 Å². The molecular weight excluding hydrogens is 272 g/mol. The maximum atomic E-state index is 9.10. The molecule has 0 fully saturated rings. The standard InChI is InChI=1S/C16H18O5/c17-15(18)14(16(19)20)10-11-6-8-13(9-7-11)21-12-4-2-1-3-5-12/h1-9,14-20H,10H2.